The number of rotatable bonds is 7. The van der Waals surface area contributed by atoms with Crippen LogP contribution in [0.2, 0.25) is 0 Å². The van der Waals surface area contributed by atoms with Crippen LogP contribution in [0, 0.1) is 0 Å². The molecule has 0 saturated carbocycles. The number of hydrogen-bond acceptors (Lipinski definition) is 12. The van der Waals surface area contributed by atoms with Gasteiger partial charge in [-0.1, -0.05) is 17.0 Å². The molecule has 0 aliphatic carbocycles. The molecule has 4 rings (SSSR count). The lowest BCUT2D eigenvalue weighted by Crippen LogP contribution is -2.21. The maximum atomic E-state index is 12.7. The number of anilines is 1. The Morgan fingerprint density at radius 3 is 2.90 bits per heavy atom. The Morgan fingerprint density at radius 1 is 1.37 bits per heavy atom. The van der Waals surface area contributed by atoms with Gasteiger partial charge in [-0.2, -0.15) is 9.78 Å². The molecule has 0 unspecified atom stereocenters. The van der Waals surface area contributed by atoms with Crippen LogP contribution >= 0.6 is 11.8 Å². The second-order valence-electron chi connectivity index (χ2n) is 5.90. The molecular weight excluding hydrogens is 414 g/mol. The van der Waals surface area contributed by atoms with Crippen molar-refractivity contribution < 1.29 is 13.8 Å². The molecule has 3 N–H and O–H groups in total. The summed E-state index contributed by atoms with van der Waals surface area (Å²) in [5, 5.41) is 27.7. The number of aryl methyl sites for hydroxylation is 1. The first-order valence-corrected chi connectivity index (χ1v) is 9.41. The number of hydrogen-bond donors (Lipinski definition) is 2. The van der Waals surface area contributed by atoms with Crippen molar-refractivity contribution in [3.63, 3.8) is 0 Å². The lowest BCUT2D eigenvalue weighted by Gasteiger charge is -2.05. The topological polar surface area (TPSA) is 181 Å². The van der Waals surface area contributed by atoms with Gasteiger partial charge < -0.3 is 14.7 Å². The molecule has 0 saturated heterocycles. The summed E-state index contributed by atoms with van der Waals surface area (Å²) < 4.78 is 12.9. The summed E-state index contributed by atoms with van der Waals surface area (Å²) >= 11 is 1.32. The summed E-state index contributed by atoms with van der Waals surface area (Å²) in [6.45, 7) is 1.70. The standard InChI is InChI=1S/C15H15N11O3S/c1-8(10-4-3-5-28-10)18-20-14(27)11-9(6-30-15-21-17-7-25(15)2)26(24-19-11)13-12(16)22-29-23-13/h3-5,7H,6H2,1-2H3,(H2,16,22)(H,20,27)/b18-8-. The van der Waals surface area contributed by atoms with E-state index in [2.05, 4.69) is 46.0 Å². The Labute approximate surface area is 172 Å². The smallest absolute Gasteiger partial charge is 0.293 e. The molecule has 15 heteroatoms. The zero-order chi connectivity index (χ0) is 21.1. The second kappa shape index (κ2) is 8.16. The fraction of sp³-hybridized carbons (Fsp3) is 0.200. The van der Waals surface area contributed by atoms with E-state index in [0.29, 0.717) is 22.3 Å². The third-order valence-corrected chi connectivity index (χ3v) is 4.93. The number of nitrogens with zero attached hydrogens (tertiary/aromatic N) is 9. The van der Waals surface area contributed by atoms with Crippen LogP contribution in [0.25, 0.3) is 5.82 Å². The van der Waals surface area contributed by atoms with E-state index in [-0.39, 0.29) is 23.1 Å². The van der Waals surface area contributed by atoms with E-state index < -0.39 is 5.91 Å². The molecule has 0 atom stereocenters. The number of aromatic nitrogens is 8. The fourth-order valence-corrected chi connectivity index (χ4v) is 3.26. The molecule has 0 bridgehead atoms. The summed E-state index contributed by atoms with van der Waals surface area (Å²) in [6, 6.07) is 3.45. The number of nitrogens with two attached hydrogens (primary N) is 1. The third-order valence-electron chi connectivity index (χ3n) is 3.89. The molecule has 4 aromatic rings. The average molecular weight is 429 g/mol. The number of hydrazone groups is 1. The highest BCUT2D eigenvalue weighted by molar-refractivity contribution is 7.98. The molecule has 30 heavy (non-hydrogen) atoms. The molecule has 0 spiro atoms. The number of carbonyl (C=O) groups is 1. The summed E-state index contributed by atoms with van der Waals surface area (Å²) in [5.74, 6) is 0.332. The van der Waals surface area contributed by atoms with Gasteiger partial charge >= 0.3 is 0 Å². The predicted molar refractivity (Wildman–Crippen MR) is 103 cm³/mol. The molecule has 4 aromatic heterocycles. The van der Waals surface area contributed by atoms with Gasteiger partial charge in [0.25, 0.3) is 5.91 Å². The predicted octanol–water partition coefficient (Wildman–Crippen LogP) is 0.400. The minimum absolute atomic E-state index is 0.00320. The maximum Gasteiger partial charge on any atom is 0.293 e. The van der Waals surface area contributed by atoms with Crippen LogP contribution in [0.4, 0.5) is 5.82 Å². The molecule has 154 valence electrons. The monoisotopic (exact) mass is 429 g/mol. The van der Waals surface area contributed by atoms with Crippen molar-refractivity contribution in [2.24, 2.45) is 12.1 Å². The van der Waals surface area contributed by atoms with E-state index >= 15 is 0 Å². The molecule has 0 aromatic carbocycles. The van der Waals surface area contributed by atoms with E-state index in [1.807, 2.05) is 0 Å². The number of thioether (sulfide) groups is 1. The van der Waals surface area contributed by atoms with Gasteiger partial charge in [-0.3, -0.25) is 4.79 Å². The van der Waals surface area contributed by atoms with Crippen LogP contribution in [0.1, 0.15) is 28.9 Å². The minimum Gasteiger partial charge on any atom is -0.463 e. The Hall–Kier alpha value is -4.01. The minimum atomic E-state index is -0.573. The molecule has 1 amide bonds. The van der Waals surface area contributed by atoms with Crippen LogP contribution in [0.5, 0.6) is 0 Å². The van der Waals surface area contributed by atoms with E-state index in [0.717, 1.165) is 0 Å². The first-order chi connectivity index (χ1) is 14.5. The largest absolute Gasteiger partial charge is 0.463 e. The van der Waals surface area contributed by atoms with Crippen molar-refractivity contribution in [2.45, 2.75) is 17.8 Å². The van der Waals surface area contributed by atoms with Crippen LogP contribution in [0.3, 0.4) is 0 Å². The average Bonchev–Trinajstić information content (AvgIpc) is 3.51. The van der Waals surface area contributed by atoms with Crippen molar-refractivity contribution in [1.29, 1.82) is 0 Å². The van der Waals surface area contributed by atoms with Crippen LogP contribution in [0.15, 0.2) is 44.0 Å². The maximum absolute atomic E-state index is 12.7. The molecule has 4 heterocycles. The van der Waals surface area contributed by atoms with Crippen molar-refractivity contribution in [1.82, 2.24) is 45.5 Å². The van der Waals surface area contributed by atoms with Crippen molar-refractivity contribution in [3.05, 3.63) is 41.9 Å². The normalized spacial score (nSPS) is 11.7. The van der Waals surface area contributed by atoms with Gasteiger partial charge in [-0.25, -0.2) is 10.1 Å². The number of furan rings is 1. The van der Waals surface area contributed by atoms with E-state index in [1.165, 1.54) is 22.7 Å². The number of amides is 1. The third kappa shape index (κ3) is 3.77. The van der Waals surface area contributed by atoms with Crippen molar-refractivity contribution >= 4 is 29.2 Å². The molecular formula is C15H15N11O3S. The lowest BCUT2D eigenvalue weighted by molar-refractivity contribution is 0.0949. The Kier molecular flexibility index (Phi) is 5.25. The first kappa shape index (κ1) is 19.3. The van der Waals surface area contributed by atoms with Crippen molar-refractivity contribution in [3.8, 4) is 5.82 Å². The quantitative estimate of drug-likeness (QED) is 0.236. The molecule has 0 aliphatic rings. The Bertz CT molecular complexity index is 1190. The first-order valence-electron chi connectivity index (χ1n) is 8.43. The van der Waals surface area contributed by atoms with Gasteiger partial charge in [-0.05, 0) is 29.4 Å². The Balaban J connectivity index is 1.62. The summed E-state index contributed by atoms with van der Waals surface area (Å²) in [7, 11) is 1.80. The van der Waals surface area contributed by atoms with E-state index in [1.54, 1.807) is 37.0 Å². The van der Waals surface area contributed by atoms with E-state index in [4.69, 9.17) is 10.2 Å². The number of carbonyl (C=O) groups excluding carboxylic acids is 1. The van der Waals surface area contributed by atoms with Gasteiger partial charge in [0.05, 0.1) is 12.0 Å². The molecule has 0 aliphatic heterocycles. The van der Waals surface area contributed by atoms with Crippen molar-refractivity contribution in [2.75, 3.05) is 5.73 Å². The Morgan fingerprint density at radius 2 is 2.23 bits per heavy atom. The van der Waals surface area contributed by atoms with Crippen LogP contribution in [-0.2, 0) is 12.8 Å². The fourth-order valence-electron chi connectivity index (χ4n) is 2.38. The highest BCUT2D eigenvalue weighted by atomic mass is 32.2. The summed E-state index contributed by atoms with van der Waals surface area (Å²) in [4.78, 5) is 12.7. The zero-order valence-electron chi connectivity index (χ0n) is 15.8. The lowest BCUT2D eigenvalue weighted by atomic mass is 10.3. The van der Waals surface area contributed by atoms with Gasteiger partial charge in [0.2, 0.25) is 11.6 Å². The molecule has 14 nitrogen and oxygen atoms in total. The highest BCUT2D eigenvalue weighted by Crippen LogP contribution is 2.24. The second-order valence-corrected chi connectivity index (χ2v) is 6.84. The van der Waals surface area contributed by atoms with Gasteiger partial charge in [-0.15, -0.1) is 15.3 Å². The van der Waals surface area contributed by atoms with Crippen LogP contribution < -0.4 is 11.2 Å². The van der Waals surface area contributed by atoms with Gasteiger partial charge in [0, 0.05) is 12.8 Å². The highest BCUT2D eigenvalue weighted by Gasteiger charge is 2.24. The van der Waals surface area contributed by atoms with Gasteiger partial charge in [0.1, 0.15) is 17.8 Å². The van der Waals surface area contributed by atoms with Gasteiger partial charge in [0.15, 0.2) is 10.9 Å². The van der Waals surface area contributed by atoms with Crippen LogP contribution in [-0.4, -0.2) is 51.7 Å². The number of nitrogen functional groups attached to an aromatic ring is 1. The van der Waals surface area contributed by atoms with E-state index in [9.17, 15) is 4.79 Å². The SMILES string of the molecule is C/C(=N/NC(=O)c1nnn(-c2nonc2N)c1CSc1nncn1C)c1ccco1. The summed E-state index contributed by atoms with van der Waals surface area (Å²) in [6.07, 6.45) is 3.08. The number of nitrogens with one attached hydrogen (secondary N) is 1. The molecule has 0 radical (unpaired) electrons. The summed E-state index contributed by atoms with van der Waals surface area (Å²) in [5.41, 5.74) is 9.13. The zero-order valence-corrected chi connectivity index (χ0v) is 16.6. The molecule has 0 fully saturated rings.